The van der Waals surface area contributed by atoms with Crippen LogP contribution in [0.15, 0.2) is 40.3 Å². The second-order valence-corrected chi connectivity index (χ2v) is 10.9. The quantitative estimate of drug-likeness (QED) is 0.217. The minimum Gasteiger partial charge on any atom is -0.268 e. The molecule has 3 aromatic heterocycles. The Hall–Kier alpha value is -2.12. The van der Waals surface area contributed by atoms with Crippen molar-refractivity contribution in [1.29, 1.82) is 0 Å². The fraction of sp³-hybridized carbons (Fsp3) is 0.480. The summed E-state index contributed by atoms with van der Waals surface area (Å²) in [4.78, 5) is 16.3. The van der Waals surface area contributed by atoms with Crippen LogP contribution in [0.2, 0.25) is 0 Å². The van der Waals surface area contributed by atoms with Gasteiger partial charge in [0.2, 0.25) is 5.78 Å². The molecule has 4 aromatic rings. The third-order valence-corrected chi connectivity index (χ3v) is 8.73. The lowest BCUT2D eigenvalue weighted by Gasteiger charge is -2.18. The van der Waals surface area contributed by atoms with Crippen molar-refractivity contribution in [1.82, 2.24) is 19.2 Å². The molecule has 168 valence electrons. The highest BCUT2D eigenvalue weighted by Gasteiger charge is 2.28. The molecule has 1 aliphatic rings. The Morgan fingerprint density at radius 1 is 1.12 bits per heavy atom. The molecule has 0 unspecified atom stereocenters. The van der Waals surface area contributed by atoms with Crippen molar-refractivity contribution in [2.75, 3.05) is 5.75 Å². The van der Waals surface area contributed by atoms with E-state index in [-0.39, 0.29) is 5.56 Å². The third-order valence-electron chi connectivity index (χ3n) is 6.47. The van der Waals surface area contributed by atoms with E-state index < -0.39 is 0 Å². The summed E-state index contributed by atoms with van der Waals surface area (Å²) >= 11 is 3.54. The zero-order chi connectivity index (χ0) is 22.1. The molecule has 5 nitrogen and oxygen atoms in total. The van der Waals surface area contributed by atoms with Crippen LogP contribution in [-0.2, 0) is 6.42 Å². The first kappa shape index (κ1) is 21.7. The Labute approximate surface area is 196 Å². The number of thiophene rings is 1. The fourth-order valence-corrected chi connectivity index (χ4v) is 7.26. The van der Waals surface area contributed by atoms with Crippen LogP contribution in [-0.4, -0.2) is 24.9 Å². The van der Waals surface area contributed by atoms with Gasteiger partial charge < -0.3 is 0 Å². The van der Waals surface area contributed by atoms with E-state index in [1.165, 1.54) is 49.0 Å². The Bertz CT molecular complexity index is 1290. The Morgan fingerprint density at radius 2 is 1.94 bits per heavy atom. The van der Waals surface area contributed by atoms with Gasteiger partial charge in [-0.05, 0) is 49.3 Å². The number of aromatic nitrogens is 4. The molecule has 0 radical (unpaired) electrons. The molecule has 32 heavy (non-hydrogen) atoms. The van der Waals surface area contributed by atoms with E-state index in [9.17, 15) is 4.79 Å². The van der Waals surface area contributed by atoms with Gasteiger partial charge in [-0.1, -0.05) is 69.5 Å². The number of aryl methyl sites for hydroxylation is 1. The minimum atomic E-state index is 0.0356. The van der Waals surface area contributed by atoms with Crippen LogP contribution in [0.1, 0.15) is 75.2 Å². The minimum absolute atomic E-state index is 0.0356. The normalized spacial score (nSPS) is 16.1. The number of para-hydroxylation sites is 1. The van der Waals surface area contributed by atoms with Gasteiger partial charge in [0.05, 0.1) is 11.1 Å². The molecule has 7 heteroatoms. The van der Waals surface area contributed by atoms with Crippen LogP contribution >= 0.6 is 23.1 Å². The van der Waals surface area contributed by atoms with Crippen LogP contribution in [0.3, 0.4) is 0 Å². The van der Waals surface area contributed by atoms with Gasteiger partial charge in [0.25, 0.3) is 5.56 Å². The number of unbranched alkanes of at least 4 members (excludes halogenated alkanes) is 4. The lowest BCUT2D eigenvalue weighted by molar-refractivity contribution is 0.601. The average Bonchev–Trinajstić information content (AvgIpc) is 3.39. The molecule has 0 amide bonds. The van der Waals surface area contributed by atoms with Crippen LogP contribution < -0.4 is 5.56 Å². The van der Waals surface area contributed by atoms with E-state index in [0.29, 0.717) is 11.7 Å². The molecule has 0 spiro atoms. The van der Waals surface area contributed by atoms with E-state index in [0.717, 1.165) is 39.7 Å². The molecule has 1 aromatic carbocycles. The molecule has 0 fully saturated rings. The average molecular weight is 467 g/mol. The highest BCUT2D eigenvalue weighted by molar-refractivity contribution is 7.99. The van der Waals surface area contributed by atoms with Crippen LogP contribution in [0.25, 0.3) is 21.7 Å². The van der Waals surface area contributed by atoms with Gasteiger partial charge in [-0.2, -0.15) is 0 Å². The number of hydrogen-bond donors (Lipinski definition) is 0. The van der Waals surface area contributed by atoms with Crippen molar-refractivity contribution >= 4 is 39.1 Å². The molecule has 0 saturated carbocycles. The summed E-state index contributed by atoms with van der Waals surface area (Å²) < 4.78 is 3.91. The first-order valence-corrected chi connectivity index (χ1v) is 13.6. The highest BCUT2D eigenvalue weighted by atomic mass is 32.2. The molecule has 1 atom stereocenters. The predicted molar refractivity (Wildman–Crippen MR) is 135 cm³/mol. The standard InChI is InChI=1S/C25H30N4OS2/c1-3-4-5-6-10-16-31-25-27-26-24-28(18-13-8-7-9-14-18)22(30)21-20-17(2)12-11-15-19(20)32-23(21)29(24)25/h7-9,13-14,17H,3-6,10-12,15-16H2,1-2H3/t17-/m0/s1. The molecule has 0 N–H and O–H groups in total. The molecule has 0 bridgehead atoms. The van der Waals surface area contributed by atoms with E-state index in [1.54, 1.807) is 27.7 Å². The van der Waals surface area contributed by atoms with Crippen molar-refractivity contribution in [3.05, 3.63) is 51.1 Å². The second-order valence-electron chi connectivity index (χ2n) is 8.77. The number of nitrogens with zero attached hydrogens (tertiary/aromatic N) is 4. The SMILES string of the molecule is CCCCCCCSc1nnc2n(-c3ccccc3)c(=O)c3c4c(sc3n12)CCC[C@@H]4C. The van der Waals surface area contributed by atoms with E-state index in [2.05, 4.69) is 28.4 Å². The first-order valence-electron chi connectivity index (χ1n) is 11.8. The van der Waals surface area contributed by atoms with Crippen molar-refractivity contribution < 1.29 is 0 Å². The lowest BCUT2D eigenvalue weighted by atomic mass is 9.88. The summed E-state index contributed by atoms with van der Waals surface area (Å²) in [6.45, 7) is 4.51. The topological polar surface area (TPSA) is 52.2 Å². The van der Waals surface area contributed by atoms with E-state index in [4.69, 9.17) is 0 Å². The Kier molecular flexibility index (Phi) is 6.37. The fourth-order valence-electron chi connectivity index (χ4n) is 4.82. The summed E-state index contributed by atoms with van der Waals surface area (Å²) in [6, 6.07) is 9.87. The highest BCUT2D eigenvalue weighted by Crippen LogP contribution is 2.41. The first-order chi connectivity index (χ1) is 15.7. The molecule has 0 saturated heterocycles. The number of thioether (sulfide) groups is 1. The molecular formula is C25H30N4OS2. The smallest absolute Gasteiger partial charge is 0.268 e. The molecular weight excluding hydrogens is 436 g/mol. The maximum absolute atomic E-state index is 13.9. The molecule has 5 rings (SSSR count). The van der Waals surface area contributed by atoms with Gasteiger partial charge in [-0.25, -0.2) is 8.97 Å². The number of rotatable bonds is 8. The monoisotopic (exact) mass is 466 g/mol. The summed E-state index contributed by atoms with van der Waals surface area (Å²) in [7, 11) is 0. The largest absolute Gasteiger partial charge is 0.268 e. The van der Waals surface area contributed by atoms with Crippen molar-refractivity contribution in [2.45, 2.75) is 76.3 Å². The predicted octanol–water partition coefficient (Wildman–Crippen LogP) is 6.60. The molecule has 1 aliphatic carbocycles. The van der Waals surface area contributed by atoms with Gasteiger partial charge in [0, 0.05) is 10.6 Å². The maximum atomic E-state index is 13.9. The van der Waals surface area contributed by atoms with Crippen molar-refractivity contribution in [3.8, 4) is 5.69 Å². The lowest BCUT2D eigenvalue weighted by Crippen LogP contribution is -2.22. The van der Waals surface area contributed by atoms with Gasteiger partial charge in [0.1, 0.15) is 4.83 Å². The summed E-state index contributed by atoms with van der Waals surface area (Å²) in [5.74, 6) is 2.05. The van der Waals surface area contributed by atoms with Crippen LogP contribution in [0.4, 0.5) is 0 Å². The molecule has 3 heterocycles. The van der Waals surface area contributed by atoms with Crippen LogP contribution in [0, 0.1) is 0 Å². The van der Waals surface area contributed by atoms with Gasteiger partial charge in [-0.3, -0.25) is 4.79 Å². The zero-order valence-corrected chi connectivity index (χ0v) is 20.5. The van der Waals surface area contributed by atoms with Gasteiger partial charge in [-0.15, -0.1) is 21.5 Å². The number of fused-ring (bicyclic) bond motifs is 5. The Morgan fingerprint density at radius 3 is 2.75 bits per heavy atom. The Balaban J connectivity index is 1.66. The van der Waals surface area contributed by atoms with Gasteiger partial charge >= 0.3 is 0 Å². The van der Waals surface area contributed by atoms with Crippen LogP contribution in [0.5, 0.6) is 0 Å². The van der Waals surface area contributed by atoms with Crippen molar-refractivity contribution in [3.63, 3.8) is 0 Å². The summed E-state index contributed by atoms with van der Waals surface area (Å²) in [6.07, 6.45) is 9.70. The number of benzene rings is 1. The van der Waals surface area contributed by atoms with E-state index >= 15 is 0 Å². The second kappa shape index (κ2) is 9.40. The molecule has 0 aliphatic heterocycles. The zero-order valence-electron chi connectivity index (χ0n) is 18.8. The van der Waals surface area contributed by atoms with Crippen molar-refractivity contribution in [2.24, 2.45) is 0 Å². The number of hydrogen-bond acceptors (Lipinski definition) is 5. The van der Waals surface area contributed by atoms with Gasteiger partial charge in [0.15, 0.2) is 5.16 Å². The van der Waals surface area contributed by atoms with E-state index in [1.807, 2.05) is 30.3 Å². The third kappa shape index (κ3) is 3.79. The maximum Gasteiger partial charge on any atom is 0.268 e. The summed E-state index contributed by atoms with van der Waals surface area (Å²) in [5, 5.41) is 10.8. The summed E-state index contributed by atoms with van der Waals surface area (Å²) in [5.41, 5.74) is 2.14.